The zero-order valence-electron chi connectivity index (χ0n) is 23.6. The van der Waals surface area contributed by atoms with Crippen molar-refractivity contribution >= 4 is 33.4 Å². The van der Waals surface area contributed by atoms with E-state index in [1.54, 1.807) is 12.4 Å². The van der Waals surface area contributed by atoms with Crippen molar-refractivity contribution in [3.8, 4) is 0 Å². The van der Waals surface area contributed by atoms with Crippen LogP contribution in [0.4, 0.5) is 0 Å². The molecule has 2 aromatic heterocycles. The van der Waals surface area contributed by atoms with Crippen molar-refractivity contribution in [3.63, 3.8) is 0 Å². The number of benzene rings is 1. The molecule has 9 heteroatoms. The molecule has 0 radical (unpaired) electrons. The first-order valence-electron chi connectivity index (χ1n) is 12.8. The van der Waals surface area contributed by atoms with E-state index in [2.05, 4.69) is 53.8 Å². The molecule has 6 nitrogen and oxygen atoms in total. The summed E-state index contributed by atoms with van der Waals surface area (Å²) in [5.41, 5.74) is 3.88. The van der Waals surface area contributed by atoms with Crippen LogP contribution in [0, 0.1) is 0 Å². The van der Waals surface area contributed by atoms with Crippen LogP contribution in [0.2, 0.25) is 39.3 Å². The fourth-order valence-electron chi connectivity index (χ4n) is 4.83. The number of nitrogens with zero attached hydrogens (tertiary/aromatic N) is 5. The molecule has 2 heterocycles. The van der Waals surface area contributed by atoms with Crippen LogP contribution in [0.1, 0.15) is 48.0 Å². The van der Waals surface area contributed by atoms with Crippen LogP contribution >= 0.6 is 0 Å². The first-order valence-corrected chi connectivity index (χ1v) is 19.7. The monoisotopic (exact) mass is 531 g/mol. The second kappa shape index (κ2) is 13.5. The minimum atomic E-state index is -1.11. The minimum Gasteiger partial charge on any atom is -0.668 e. The predicted molar refractivity (Wildman–Crippen MR) is 152 cm³/mol. The van der Waals surface area contributed by atoms with Gasteiger partial charge in [0.05, 0.1) is 18.0 Å². The van der Waals surface area contributed by atoms with Gasteiger partial charge < -0.3 is 14.1 Å². The zero-order valence-corrected chi connectivity index (χ0v) is 27.6. The van der Waals surface area contributed by atoms with Gasteiger partial charge >= 0.3 is 29.6 Å². The number of carbonyl (C=O) groups is 1. The number of pyridine rings is 1. The second-order valence-electron chi connectivity index (χ2n) is 11.6. The van der Waals surface area contributed by atoms with Gasteiger partial charge in [-0.15, -0.1) is 0 Å². The predicted octanol–water partition coefficient (Wildman–Crippen LogP) is 3.92. The number of fused-ring (bicyclic) bond motifs is 1. The van der Waals surface area contributed by atoms with E-state index in [-0.39, 0.29) is 35.5 Å². The molecule has 0 bridgehead atoms. The number of amides is 1. The second-order valence-corrected chi connectivity index (χ2v) is 21.2. The molecule has 1 aromatic carbocycles. The van der Waals surface area contributed by atoms with Gasteiger partial charge in [-0.1, -0.05) is 87.1 Å². The molecule has 36 heavy (non-hydrogen) atoms. The molecule has 1 aliphatic carbocycles. The van der Waals surface area contributed by atoms with E-state index < -0.39 is 16.5 Å². The number of hydrogen-bond acceptors (Lipinski definition) is 3. The van der Waals surface area contributed by atoms with Gasteiger partial charge in [0.25, 0.3) is 5.91 Å². The van der Waals surface area contributed by atoms with Crippen molar-refractivity contribution < 1.29 is 34.4 Å². The molecule has 1 fully saturated rings. The summed E-state index contributed by atoms with van der Waals surface area (Å²) in [6, 6.07) is 10.3. The summed E-state index contributed by atoms with van der Waals surface area (Å²) in [5.74, 6) is 0.127. The quantitative estimate of drug-likeness (QED) is 0.453. The standard InChI is InChI=1S/C21H24N4O.C6H18NSi2.Na/c1-24(18-5-3-2-4-6-18)21(26)17-9-7-16(8-10-17)14-25-15-23-19-13-22-12-11-20(19)25;1-8(2,3)7-9(4,5)6;/h7-13,15,18H,2-6,14H2,1H3;1-6H3;/q;-1;+1. The van der Waals surface area contributed by atoms with E-state index in [0.29, 0.717) is 6.04 Å². The summed E-state index contributed by atoms with van der Waals surface area (Å²) in [4.78, 5) is 23.2. The Morgan fingerprint density at radius 2 is 1.61 bits per heavy atom. The summed E-state index contributed by atoms with van der Waals surface area (Å²) >= 11 is 0. The number of aromatic nitrogens is 3. The number of imidazole rings is 1. The maximum Gasteiger partial charge on any atom is 1.00 e. The Kier molecular flexibility index (Phi) is 11.6. The van der Waals surface area contributed by atoms with Gasteiger partial charge in [-0.2, -0.15) is 0 Å². The third kappa shape index (κ3) is 9.54. The van der Waals surface area contributed by atoms with Gasteiger partial charge in [-0.3, -0.25) is 9.78 Å². The Morgan fingerprint density at radius 3 is 2.17 bits per heavy atom. The van der Waals surface area contributed by atoms with Crippen LogP contribution in [0.5, 0.6) is 0 Å². The van der Waals surface area contributed by atoms with Gasteiger partial charge in [0.1, 0.15) is 5.52 Å². The molecular weight excluding hydrogens is 489 g/mol. The molecule has 0 saturated heterocycles. The SMILES string of the molecule is CN(C(=O)c1ccc(Cn2cnc3cnccc32)cc1)C1CCCCC1.C[Si](C)(C)[N-][Si](C)(C)C.[Na+]. The molecule has 0 atom stereocenters. The average Bonchev–Trinajstić information content (AvgIpc) is 3.20. The molecule has 0 spiro atoms. The summed E-state index contributed by atoms with van der Waals surface area (Å²) in [6.07, 6.45) is 11.4. The van der Waals surface area contributed by atoms with Crippen molar-refractivity contribution in [1.82, 2.24) is 19.4 Å². The fraction of sp³-hybridized carbons (Fsp3) is 0.519. The Balaban J connectivity index is 0.000000394. The largest absolute Gasteiger partial charge is 1.00 e. The zero-order chi connectivity index (χ0) is 25.6. The summed E-state index contributed by atoms with van der Waals surface area (Å²) in [7, 11) is -0.269. The Morgan fingerprint density at radius 1 is 1.00 bits per heavy atom. The first-order chi connectivity index (χ1) is 16.4. The molecule has 4 rings (SSSR count). The third-order valence-corrected chi connectivity index (χ3v) is 11.5. The molecule has 1 amide bonds. The van der Waals surface area contributed by atoms with E-state index in [1.807, 2.05) is 48.6 Å². The van der Waals surface area contributed by atoms with Gasteiger partial charge in [-0.25, -0.2) is 4.98 Å². The van der Waals surface area contributed by atoms with E-state index in [9.17, 15) is 4.79 Å². The van der Waals surface area contributed by atoms with E-state index in [1.165, 1.54) is 19.3 Å². The van der Waals surface area contributed by atoms with Gasteiger partial charge in [-0.05, 0) is 36.6 Å². The Hall–Kier alpha value is -1.30. The topological polar surface area (TPSA) is 65.1 Å². The van der Waals surface area contributed by atoms with Crippen LogP contribution < -0.4 is 29.6 Å². The molecular formula is C27H42N5NaOSi2. The normalized spacial score (nSPS) is 14.5. The van der Waals surface area contributed by atoms with E-state index in [4.69, 9.17) is 4.65 Å². The van der Waals surface area contributed by atoms with Crippen LogP contribution in [0.3, 0.4) is 0 Å². The maximum atomic E-state index is 12.8. The molecule has 0 aliphatic heterocycles. The van der Waals surface area contributed by atoms with Gasteiger partial charge in [0.15, 0.2) is 0 Å². The van der Waals surface area contributed by atoms with Crippen LogP contribution in [0.15, 0.2) is 49.1 Å². The van der Waals surface area contributed by atoms with Crippen LogP contribution in [-0.2, 0) is 6.54 Å². The van der Waals surface area contributed by atoms with Crippen LogP contribution in [-0.4, -0.2) is 54.9 Å². The Bertz CT molecular complexity index is 1090. The first kappa shape index (κ1) is 30.9. The summed E-state index contributed by atoms with van der Waals surface area (Å²) < 4.78 is 6.92. The third-order valence-electron chi connectivity index (χ3n) is 6.09. The van der Waals surface area contributed by atoms with Crippen molar-refractivity contribution in [3.05, 3.63) is 64.8 Å². The molecule has 1 saturated carbocycles. The van der Waals surface area contributed by atoms with Gasteiger partial charge in [0.2, 0.25) is 0 Å². The average molecular weight is 532 g/mol. The molecule has 0 N–H and O–H groups in total. The van der Waals surface area contributed by atoms with E-state index in [0.717, 1.165) is 41.5 Å². The van der Waals surface area contributed by atoms with Crippen molar-refractivity contribution in [2.45, 2.75) is 84.0 Å². The molecule has 190 valence electrons. The molecule has 1 aliphatic rings. The Labute approximate surface area is 241 Å². The smallest absolute Gasteiger partial charge is 0.668 e. The fourth-order valence-corrected chi connectivity index (χ4v) is 12.9. The van der Waals surface area contributed by atoms with Crippen molar-refractivity contribution in [2.75, 3.05) is 7.05 Å². The van der Waals surface area contributed by atoms with E-state index >= 15 is 0 Å². The minimum absolute atomic E-state index is 0. The van der Waals surface area contributed by atoms with Gasteiger partial charge in [0, 0.05) is 31.4 Å². The number of rotatable bonds is 6. The molecule has 0 unspecified atom stereocenters. The maximum absolute atomic E-state index is 12.8. The number of hydrogen-bond donors (Lipinski definition) is 0. The summed E-state index contributed by atoms with van der Waals surface area (Å²) in [6.45, 7) is 14.5. The van der Waals surface area contributed by atoms with Crippen LogP contribution in [0.25, 0.3) is 15.7 Å². The summed E-state index contributed by atoms with van der Waals surface area (Å²) in [5, 5.41) is 0. The molecule has 3 aromatic rings. The van der Waals surface area contributed by atoms with Crippen molar-refractivity contribution in [1.29, 1.82) is 0 Å². The number of carbonyl (C=O) groups excluding carboxylic acids is 1. The van der Waals surface area contributed by atoms with Crippen molar-refractivity contribution in [2.24, 2.45) is 0 Å².